The highest BCUT2D eigenvalue weighted by atomic mass is 35.5. The molecule has 1 aromatic rings. The van der Waals surface area contributed by atoms with Gasteiger partial charge in [0, 0.05) is 27.2 Å². The summed E-state index contributed by atoms with van der Waals surface area (Å²) in [6, 6.07) is 0.156. The highest BCUT2D eigenvalue weighted by Crippen LogP contribution is 2.06. The minimum absolute atomic E-state index is 0.145. The first-order valence-corrected chi connectivity index (χ1v) is 5.24. The second-order valence-electron chi connectivity index (χ2n) is 3.19. The number of rotatable bonds is 5. The van der Waals surface area contributed by atoms with E-state index in [0.717, 1.165) is 0 Å². The van der Waals surface area contributed by atoms with Crippen LogP contribution in [-0.4, -0.2) is 48.3 Å². The summed E-state index contributed by atoms with van der Waals surface area (Å²) in [7, 11) is 3.35. The fourth-order valence-corrected chi connectivity index (χ4v) is 0.984. The number of alkyl halides is 1. The van der Waals surface area contributed by atoms with Gasteiger partial charge < -0.3 is 20.0 Å². The largest absolute Gasteiger partial charge is 0.407 e. The van der Waals surface area contributed by atoms with Crippen LogP contribution in [0.5, 0.6) is 0 Å². The van der Waals surface area contributed by atoms with Crippen molar-refractivity contribution in [2.75, 3.05) is 32.5 Å². The van der Waals surface area contributed by atoms with Crippen LogP contribution in [-0.2, 0) is 5.88 Å². The highest BCUT2D eigenvalue weighted by molar-refractivity contribution is 6.16. The van der Waals surface area contributed by atoms with Gasteiger partial charge in [-0.05, 0) is 0 Å². The lowest BCUT2D eigenvalue weighted by Crippen LogP contribution is -2.37. The maximum atomic E-state index is 11.1. The summed E-state index contributed by atoms with van der Waals surface area (Å²) in [4.78, 5) is 12.6. The monoisotopic (exact) mass is 247 g/mol. The molecule has 0 aliphatic carbocycles. The lowest BCUT2D eigenvalue weighted by Gasteiger charge is -2.11. The average Bonchev–Trinajstić information content (AvgIpc) is 2.71. The molecule has 8 heteroatoms. The SMILES string of the molecule is CN(C)C(=O)NCCNc1nnc(CCl)o1. The zero-order valence-electron chi connectivity index (χ0n) is 9.16. The van der Waals surface area contributed by atoms with Gasteiger partial charge in [-0.3, -0.25) is 0 Å². The molecule has 16 heavy (non-hydrogen) atoms. The summed E-state index contributed by atoms with van der Waals surface area (Å²) in [5.74, 6) is 0.549. The van der Waals surface area contributed by atoms with E-state index in [1.165, 1.54) is 4.90 Å². The lowest BCUT2D eigenvalue weighted by molar-refractivity contribution is 0.218. The van der Waals surface area contributed by atoms with Gasteiger partial charge in [0.05, 0.1) is 0 Å². The zero-order chi connectivity index (χ0) is 12.0. The molecule has 0 aliphatic heterocycles. The molecular formula is C8H14ClN5O2. The normalized spacial score (nSPS) is 9.94. The molecule has 1 rings (SSSR count). The highest BCUT2D eigenvalue weighted by Gasteiger charge is 2.04. The number of hydrogen-bond acceptors (Lipinski definition) is 5. The fraction of sp³-hybridized carbons (Fsp3) is 0.625. The van der Waals surface area contributed by atoms with Crippen LogP contribution in [0.15, 0.2) is 4.42 Å². The van der Waals surface area contributed by atoms with Gasteiger partial charge in [0.2, 0.25) is 5.89 Å². The van der Waals surface area contributed by atoms with Crippen LogP contribution >= 0.6 is 11.6 Å². The van der Waals surface area contributed by atoms with Crippen molar-refractivity contribution >= 4 is 23.6 Å². The van der Waals surface area contributed by atoms with Gasteiger partial charge in [-0.15, -0.1) is 16.7 Å². The van der Waals surface area contributed by atoms with E-state index in [4.69, 9.17) is 16.0 Å². The zero-order valence-corrected chi connectivity index (χ0v) is 9.91. The quantitative estimate of drug-likeness (QED) is 0.585. The Bertz CT molecular complexity index is 341. The smallest absolute Gasteiger partial charge is 0.316 e. The first kappa shape index (κ1) is 12.6. The van der Waals surface area contributed by atoms with Crippen LogP contribution in [0.1, 0.15) is 5.89 Å². The summed E-state index contributed by atoms with van der Waals surface area (Å²) in [6.45, 7) is 0.971. The van der Waals surface area contributed by atoms with Gasteiger partial charge in [0.15, 0.2) is 0 Å². The molecule has 0 spiro atoms. The lowest BCUT2D eigenvalue weighted by atomic mass is 10.6. The number of anilines is 1. The molecule has 0 unspecified atom stereocenters. The fourth-order valence-electron chi connectivity index (χ4n) is 0.876. The van der Waals surface area contributed by atoms with Crippen molar-refractivity contribution in [1.29, 1.82) is 0 Å². The van der Waals surface area contributed by atoms with E-state index in [0.29, 0.717) is 25.0 Å². The minimum Gasteiger partial charge on any atom is -0.407 e. The Labute approximate surface area is 98.1 Å². The standard InChI is InChI=1S/C8H14ClN5O2/c1-14(2)8(15)11-4-3-10-7-13-12-6(5-9)16-7/h3-5H2,1-2H3,(H,10,13)(H,11,15). The Balaban J connectivity index is 2.18. The van der Waals surface area contributed by atoms with Gasteiger partial charge in [0.1, 0.15) is 5.88 Å². The molecule has 90 valence electrons. The van der Waals surface area contributed by atoms with Crippen LogP contribution in [0.4, 0.5) is 10.8 Å². The van der Waals surface area contributed by atoms with Crippen molar-refractivity contribution in [3.63, 3.8) is 0 Å². The summed E-state index contributed by atoms with van der Waals surface area (Å²) in [5, 5.41) is 12.9. The number of nitrogens with one attached hydrogen (secondary N) is 2. The molecule has 7 nitrogen and oxygen atoms in total. The number of urea groups is 1. The van der Waals surface area contributed by atoms with Crippen LogP contribution < -0.4 is 10.6 Å². The van der Waals surface area contributed by atoms with Crippen molar-refractivity contribution in [3.05, 3.63) is 5.89 Å². The van der Waals surface area contributed by atoms with E-state index in [9.17, 15) is 4.79 Å². The van der Waals surface area contributed by atoms with Crippen molar-refractivity contribution in [2.45, 2.75) is 5.88 Å². The van der Waals surface area contributed by atoms with Crippen LogP contribution in [0.3, 0.4) is 0 Å². The number of amides is 2. The van der Waals surface area contributed by atoms with Crippen molar-refractivity contribution in [3.8, 4) is 0 Å². The van der Waals surface area contributed by atoms with Gasteiger partial charge in [-0.1, -0.05) is 5.10 Å². The molecule has 0 atom stereocenters. The number of carbonyl (C=O) groups is 1. The topological polar surface area (TPSA) is 83.3 Å². The molecule has 2 amide bonds. The molecule has 1 aromatic heterocycles. The molecule has 0 aliphatic rings. The van der Waals surface area contributed by atoms with E-state index in [2.05, 4.69) is 20.8 Å². The molecule has 0 aromatic carbocycles. The van der Waals surface area contributed by atoms with Crippen LogP contribution in [0.25, 0.3) is 0 Å². The van der Waals surface area contributed by atoms with Crippen molar-refractivity contribution in [1.82, 2.24) is 20.4 Å². The molecule has 0 radical (unpaired) electrons. The Morgan fingerprint density at radius 1 is 1.44 bits per heavy atom. The third-order valence-electron chi connectivity index (χ3n) is 1.66. The first-order chi connectivity index (χ1) is 7.63. The number of carbonyl (C=O) groups excluding carboxylic acids is 1. The van der Waals surface area contributed by atoms with Gasteiger partial charge in [-0.2, -0.15) is 0 Å². The van der Waals surface area contributed by atoms with Crippen molar-refractivity contribution < 1.29 is 9.21 Å². The summed E-state index contributed by atoms with van der Waals surface area (Å²) in [6.07, 6.45) is 0. The van der Waals surface area contributed by atoms with Gasteiger partial charge >= 0.3 is 12.0 Å². The van der Waals surface area contributed by atoms with Crippen LogP contribution in [0.2, 0.25) is 0 Å². The van der Waals surface area contributed by atoms with Gasteiger partial charge in [0.25, 0.3) is 0 Å². The summed E-state index contributed by atoms with van der Waals surface area (Å²) in [5.41, 5.74) is 0. The third-order valence-corrected chi connectivity index (χ3v) is 1.89. The van der Waals surface area contributed by atoms with E-state index in [-0.39, 0.29) is 11.9 Å². The Morgan fingerprint density at radius 2 is 2.19 bits per heavy atom. The third kappa shape index (κ3) is 3.93. The van der Waals surface area contributed by atoms with E-state index in [1.54, 1.807) is 14.1 Å². The van der Waals surface area contributed by atoms with Crippen LogP contribution in [0, 0.1) is 0 Å². The molecular weight excluding hydrogens is 234 g/mol. The van der Waals surface area contributed by atoms with Gasteiger partial charge in [-0.25, -0.2) is 4.79 Å². The second kappa shape index (κ2) is 6.16. The van der Waals surface area contributed by atoms with E-state index in [1.807, 2.05) is 0 Å². The molecule has 2 N–H and O–H groups in total. The predicted octanol–water partition coefficient (Wildman–Crippen LogP) is 0.491. The number of nitrogens with zero attached hydrogens (tertiary/aromatic N) is 3. The Morgan fingerprint density at radius 3 is 2.75 bits per heavy atom. The second-order valence-corrected chi connectivity index (χ2v) is 3.45. The molecule has 1 heterocycles. The molecule has 0 fully saturated rings. The first-order valence-electron chi connectivity index (χ1n) is 4.71. The summed E-state index contributed by atoms with van der Waals surface area (Å²) < 4.78 is 5.10. The predicted molar refractivity (Wildman–Crippen MR) is 59.4 cm³/mol. The molecule has 0 saturated carbocycles. The Kier molecular flexibility index (Phi) is 4.84. The minimum atomic E-state index is -0.145. The Hall–Kier alpha value is -1.50. The van der Waals surface area contributed by atoms with E-state index >= 15 is 0 Å². The molecule has 0 bridgehead atoms. The van der Waals surface area contributed by atoms with E-state index < -0.39 is 0 Å². The maximum absolute atomic E-state index is 11.1. The van der Waals surface area contributed by atoms with Crippen molar-refractivity contribution in [2.24, 2.45) is 0 Å². The maximum Gasteiger partial charge on any atom is 0.316 e. The summed E-state index contributed by atoms with van der Waals surface area (Å²) >= 11 is 5.49. The number of halogens is 1. The number of hydrogen-bond donors (Lipinski definition) is 2. The number of aromatic nitrogens is 2. The average molecular weight is 248 g/mol. The molecule has 0 saturated heterocycles.